The molecule has 0 amide bonds. The molecule has 1 fully saturated rings. The number of pyridine rings is 1. The molecule has 1 aliphatic heterocycles. The van der Waals surface area contributed by atoms with Crippen molar-refractivity contribution in [1.29, 1.82) is 5.26 Å². The number of nitriles is 1. The van der Waals surface area contributed by atoms with E-state index in [4.69, 9.17) is 5.26 Å². The Morgan fingerprint density at radius 3 is 3.24 bits per heavy atom. The topological polar surface area (TPSA) is 52.0 Å². The maximum atomic E-state index is 8.77. The predicted octanol–water partition coefficient (Wildman–Crippen LogP) is 1.16. The fourth-order valence-electron chi connectivity index (χ4n) is 2.19. The standard InChI is InChI=1S/C13H18N4/c14-6-5-13-11-17(9-3-8-16-13)10-12-4-1-2-7-15-12/h1-2,4,7,13,16H,3,5,8-11H2. The fraction of sp³-hybridized carbons (Fsp3) is 0.538. The van der Waals surface area contributed by atoms with Crippen LogP contribution < -0.4 is 5.32 Å². The minimum atomic E-state index is 0.297. The number of hydrogen-bond acceptors (Lipinski definition) is 4. The summed E-state index contributed by atoms with van der Waals surface area (Å²) in [4.78, 5) is 6.73. The summed E-state index contributed by atoms with van der Waals surface area (Å²) in [6.07, 6.45) is 3.55. The lowest BCUT2D eigenvalue weighted by Crippen LogP contribution is -2.37. The van der Waals surface area contributed by atoms with Gasteiger partial charge in [-0.1, -0.05) is 6.07 Å². The van der Waals surface area contributed by atoms with Crippen LogP contribution in [0, 0.1) is 11.3 Å². The van der Waals surface area contributed by atoms with Crippen LogP contribution in [0.15, 0.2) is 24.4 Å². The van der Waals surface area contributed by atoms with E-state index < -0.39 is 0 Å². The Labute approximate surface area is 102 Å². The highest BCUT2D eigenvalue weighted by atomic mass is 15.2. The van der Waals surface area contributed by atoms with E-state index in [0.29, 0.717) is 12.5 Å². The van der Waals surface area contributed by atoms with Crippen molar-refractivity contribution in [2.24, 2.45) is 0 Å². The van der Waals surface area contributed by atoms with Gasteiger partial charge in [0, 0.05) is 25.3 Å². The van der Waals surface area contributed by atoms with Crippen LogP contribution in [0.2, 0.25) is 0 Å². The molecule has 1 N–H and O–H groups in total. The van der Waals surface area contributed by atoms with E-state index in [2.05, 4.69) is 27.3 Å². The fourth-order valence-corrected chi connectivity index (χ4v) is 2.19. The first-order valence-corrected chi connectivity index (χ1v) is 6.11. The Morgan fingerprint density at radius 2 is 2.47 bits per heavy atom. The molecule has 1 unspecified atom stereocenters. The van der Waals surface area contributed by atoms with E-state index in [1.165, 1.54) is 0 Å². The quantitative estimate of drug-likeness (QED) is 0.846. The molecular formula is C13H18N4. The molecular weight excluding hydrogens is 212 g/mol. The average molecular weight is 230 g/mol. The van der Waals surface area contributed by atoms with E-state index in [-0.39, 0.29) is 0 Å². The second-order valence-electron chi connectivity index (χ2n) is 4.42. The van der Waals surface area contributed by atoms with E-state index >= 15 is 0 Å². The lowest BCUT2D eigenvalue weighted by molar-refractivity contribution is 0.257. The van der Waals surface area contributed by atoms with Gasteiger partial charge in [0.2, 0.25) is 0 Å². The maximum absolute atomic E-state index is 8.77. The summed E-state index contributed by atoms with van der Waals surface area (Å²) in [5.74, 6) is 0. The molecule has 4 nitrogen and oxygen atoms in total. The molecule has 1 aromatic rings. The summed E-state index contributed by atoms with van der Waals surface area (Å²) < 4.78 is 0. The van der Waals surface area contributed by atoms with Crippen LogP contribution in [-0.2, 0) is 6.54 Å². The van der Waals surface area contributed by atoms with Gasteiger partial charge in [0.1, 0.15) is 0 Å². The van der Waals surface area contributed by atoms with Gasteiger partial charge in [-0.25, -0.2) is 0 Å². The van der Waals surface area contributed by atoms with Crippen LogP contribution in [0.3, 0.4) is 0 Å². The smallest absolute Gasteiger partial charge is 0.0638 e. The third kappa shape index (κ3) is 3.81. The first kappa shape index (κ1) is 12.0. The van der Waals surface area contributed by atoms with Gasteiger partial charge in [0.25, 0.3) is 0 Å². The number of nitrogens with one attached hydrogen (secondary N) is 1. The van der Waals surface area contributed by atoms with E-state index in [0.717, 1.165) is 38.3 Å². The van der Waals surface area contributed by atoms with Crippen LogP contribution >= 0.6 is 0 Å². The largest absolute Gasteiger partial charge is 0.312 e. The summed E-state index contributed by atoms with van der Waals surface area (Å²) in [7, 11) is 0. The molecule has 0 radical (unpaired) electrons. The predicted molar refractivity (Wildman–Crippen MR) is 66.2 cm³/mol. The first-order valence-electron chi connectivity index (χ1n) is 6.11. The van der Waals surface area contributed by atoms with Crippen LogP contribution in [0.25, 0.3) is 0 Å². The van der Waals surface area contributed by atoms with Gasteiger partial charge < -0.3 is 5.32 Å². The minimum absolute atomic E-state index is 0.297. The Hall–Kier alpha value is -1.44. The Kier molecular flexibility index (Phi) is 4.48. The summed E-state index contributed by atoms with van der Waals surface area (Å²) in [6.45, 7) is 3.89. The third-order valence-corrected chi connectivity index (χ3v) is 3.01. The number of nitrogens with zero attached hydrogens (tertiary/aromatic N) is 3. The molecule has 1 saturated heterocycles. The number of hydrogen-bond donors (Lipinski definition) is 1. The summed E-state index contributed by atoms with van der Waals surface area (Å²) in [5.41, 5.74) is 1.10. The normalized spacial score (nSPS) is 21.7. The minimum Gasteiger partial charge on any atom is -0.312 e. The van der Waals surface area contributed by atoms with Crippen molar-refractivity contribution in [2.75, 3.05) is 19.6 Å². The van der Waals surface area contributed by atoms with E-state index in [1.807, 2.05) is 18.3 Å². The van der Waals surface area contributed by atoms with Crippen molar-refractivity contribution in [3.05, 3.63) is 30.1 Å². The van der Waals surface area contributed by atoms with Crippen molar-refractivity contribution in [2.45, 2.75) is 25.4 Å². The molecule has 0 bridgehead atoms. The maximum Gasteiger partial charge on any atom is 0.0638 e. The monoisotopic (exact) mass is 230 g/mol. The average Bonchev–Trinajstić information content (AvgIpc) is 2.56. The molecule has 4 heteroatoms. The molecule has 0 spiro atoms. The lowest BCUT2D eigenvalue weighted by atomic mass is 10.2. The van der Waals surface area contributed by atoms with Crippen molar-refractivity contribution in [3.63, 3.8) is 0 Å². The Bertz CT molecular complexity index is 371. The van der Waals surface area contributed by atoms with Crippen LogP contribution in [0.5, 0.6) is 0 Å². The Balaban J connectivity index is 1.93. The zero-order valence-corrected chi connectivity index (χ0v) is 9.97. The number of aromatic nitrogens is 1. The second-order valence-corrected chi connectivity index (χ2v) is 4.42. The van der Waals surface area contributed by atoms with E-state index in [1.54, 1.807) is 0 Å². The van der Waals surface area contributed by atoms with Gasteiger partial charge >= 0.3 is 0 Å². The van der Waals surface area contributed by atoms with Gasteiger partial charge in [-0.2, -0.15) is 5.26 Å². The molecule has 1 atom stereocenters. The van der Waals surface area contributed by atoms with Gasteiger partial charge in [-0.05, 0) is 31.6 Å². The van der Waals surface area contributed by atoms with Crippen molar-refractivity contribution < 1.29 is 0 Å². The zero-order valence-electron chi connectivity index (χ0n) is 9.97. The molecule has 0 aliphatic carbocycles. The SMILES string of the molecule is N#CCC1CN(Cc2ccccn2)CCCN1. The van der Waals surface area contributed by atoms with Crippen molar-refractivity contribution in [3.8, 4) is 6.07 Å². The number of rotatable bonds is 3. The van der Waals surface area contributed by atoms with Crippen molar-refractivity contribution in [1.82, 2.24) is 15.2 Å². The summed E-state index contributed by atoms with van der Waals surface area (Å²) >= 11 is 0. The molecule has 1 aromatic heterocycles. The third-order valence-electron chi connectivity index (χ3n) is 3.01. The molecule has 1 aliphatic rings. The molecule has 0 aromatic carbocycles. The highest BCUT2D eigenvalue weighted by Crippen LogP contribution is 2.07. The highest BCUT2D eigenvalue weighted by molar-refractivity contribution is 5.03. The molecule has 17 heavy (non-hydrogen) atoms. The summed E-state index contributed by atoms with van der Waals surface area (Å²) in [5, 5.41) is 12.2. The molecule has 2 rings (SSSR count). The summed E-state index contributed by atoms with van der Waals surface area (Å²) in [6, 6.07) is 8.55. The second kappa shape index (κ2) is 6.33. The van der Waals surface area contributed by atoms with E-state index in [9.17, 15) is 0 Å². The van der Waals surface area contributed by atoms with Gasteiger partial charge in [-0.15, -0.1) is 0 Å². The van der Waals surface area contributed by atoms with Gasteiger partial charge in [0.05, 0.1) is 18.2 Å². The Morgan fingerprint density at radius 1 is 1.53 bits per heavy atom. The molecule has 0 saturated carbocycles. The highest BCUT2D eigenvalue weighted by Gasteiger charge is 2.17. The zero-order chi connectivity index (χ0) is 11.9. The van der Waals surface area contributed by atoms with Crippen molar-refractivity contribution >= 4 is 0 Å². The lowest BCUT2D eigenvalue weighted by Gasteiger charge is -2.22. The molecule has 90 valence electrons. The van der Waals surface area contributed by atoms with Gasteiger partial charge in [-0.3, -0.25) is 9.88 Å². The van der Waals surface area contributed by atoms with Crippen LogP contribution in [-0.4, -0.2) is 35.6 Å². The molecule has 2 heterocycles. The van der Waals surface area contributed by atoms with Crippen LogP contribution in [0.4, 0.5) is 0 Å². The first-order chi connectivity index (χ1) is 8.38. The van der Waals surface area contributed by atoms with Crippen LogP contribution in [0.1, 0.15) is 18.5 Å². The van der Waals surface area contributed by atoms with Gasteiger partial charge in [0.15, 0.2) is 0 Å².